The van der Waals surface area contributed by atoms with Crippen LogP contribution in [0.5, 0.6) is 5.75 Å². The van der Waals surface area contributed by atoms with E-state index in [0.717, 1.165) is 37.5 Å². The molecule has 0 radical (unpaired) electrons. The smallest absolute Gasteiger partial charge is 0.138 e. The van der Waals surface area contributed by atoms with Gasteiger partial charge in [-0.25, -0.2) is 9.97 Å². The minimum absolute atomic E-state index is 0.181. The second-order valence-electron chi connectivity index (χ2n) is 5.04. The number of piperidine rings is 1. The van der Waals surface area contributed by atoms with Gasteiger partial charge in [0.25, 0.3) is 0 Å². The molecule has 0 atom stereocenters. The number of nitrogens with zero attached hydrogens (tertiary/aromatic N) is 3. The third-order valence-corrected chi connectivity index (χ3v) is 3.88. The molecule has 21 heavy (non-hydrogen) atoms. The van der Waals surface area contributed by atoms with Gasteiger partial charge in [0.1, 0.15) is 29.8 Å². The largest absolute Gasteiger partial charge is 0.489 e. The van der Waals surface area contributed by atoms with Crippen molar-refractivity contribution in [2.45, 2.75) is 18.9 Å². The highest BCUT2D eigenvalue weighted by molar-refractivity contribution is 6.32. The summed E-state index contributed by atoms with van der Waals surface area (Å²) < 4.78 is 5.98. The van der Waals surface area contributed by atoms with Gasteiger partial charge in [0.2, 0.25) is 0 Å². The van der Waals surface area contributed by atoms with Crippen molar-refractivity contribution in [3.05, 3.63) is 41.7 Å². The van der Waals surface area contributed by atoms with Crippen LogP contribution in [-0.4, -0.2) is 29.2 Å². The molecule has 1 saturated heterocycles. The Kier molecular flexibility index (Phi) is 4.10. The van der Waals surface area contributed by atoms with E-state index in [1.54, 1.807) is 6.07 Å². The topological polar surface area (TPSA) is 64.3 Å². The van der Waals surface area contributed by atoms with Crippen LogP contribution in [0.4, 0.5) is 11.6 Å². The minimum Gasteiger partial charge on any atom is -0.489 e. The number of aromatic nitrogens is 2. The number of hydrogen-bond acceptors (Lipinski definition) is 5. The normalized spacial score (nSPS) is 16.0. The predicted molar refractivity (Wildman–Crippen MR) is 83.8 cm³/mol. The van der Waals surface area contributed by atoms with Crippen LogP contribution in [0.2, 0.25) is 5.02 Å². The molecule has 110 valence electrons. The van der Waals surface area contributed by atoms with Crippen LogP contribution in [0.15, 0.2) is 36.7 Å². The summed E-state index contributed by atoms with van der Waals surface area (Å²) in [6.07, 6.45) is 3.53. The molecule has 0 aliphatic carbocycles. The van der Waals surface area contributed by atoms with Gasteiger partial charge in [-0.15, -0.1) is 0 Å². The summed E-state index contributed by atoms with van der Waals surface area (Å²) in [5.74, 6) is 2.12. The van der Waals surface area contributed by atoms with E-state index in [9.17, 15) is 0 Å². The Morgan fingerprint density at radius 3 is 2.67 bits per heavy atom. The molecule has 2 heterocycles. The molecule has 0 spiro atoms. The molecule has 2 aromatic rings. The Labute approximate surface area is 128 Å². The lowest BCUT2D eigenvalue weighted by molar-refractivity contribution is 0.171. The van der Waals surface area contributed by atoms with Crippen molar-refractivity contribution in [1.29, 1.82) is 0 Å². The molecule has 5 nitrogen and oxygen atoms in total. The predicted octanol–water partition coefficient (Wildman–Crippen LogP) is 2.76. The fourth-order valence-electron chi connectivity index (χ4n) is 2.46. The van der Waals surface area contributed by atoms with Crippen LogP contribution in [0.3, 0.4) is 0 Å². The van der Waals surface area contributed by atoms with Gasteiger partial charge in [-0.05, 0) is 12.1 Å². The lowest BCUT2D eigenvalue weighted by Crippen LogP contribution is -2.38. The van der Waals surface area contributed by atoms with Crippen molar-refractivity contribution in [3.63, 3.8) is 0 Å². The third kappa shape index (κ3) is 3.36. The summed E-state index contributed by atoms with van der Waals surface area (Å²) >= 11 is 6.12. The molecule has 0 amide bonds. The van der Waals surface area contributed by atoms with Crippen molar-refractivity contribution >= 4 is 23.2 Å². The van der Waals surface area contributed by atoms with E-state index in [1.807, 2.05) is 24.3 Å². The van der Waals surface area contributed by atoms with Gasteiger partial charge in [0.15, 0.2) is 0 Å². The lowest BCUT2D eigenvalue weighted by atomic mass is 10.1. The molecular formula is C15H17ClN4O. The number of nitrogens with two attached hydrogens (primary N) is 1. The Morgan fingerprint density at radius 2 is 1.95 bits per heavy atom. The fraction of sp³-hybridized carbons (Fsp3) is 0.333. The second kappa shape index (κ2) is 6.18. The number of benzene rings is 1. The molecule has 1 aliphatic rings. The summed E-state index contributed by atoms with van der Waals surface area (Å²) in [6.45, 7) is 1.76. The number of halogens is 1. The summed E-state index contributed by atoms with van der Waals surface area (Å²) in [5.41, 5.74) is 5.69. The van der Waals surface area contributed by atoms with E-state index in [2.05, 4.69) is 14.9 Å². The first kappa shape index (κ1) is 13.9. The number of nitrogen functional groups attached to an aromatic ring is 1. The molecule has 3 rings (SSSR count). The van der Waals surface area contributed by atoms with Crippen LogP contribution in [-0.2, 0) is 0 Å². The highest BCUT2D eigenvalue weighted by Gasteiger charge is 2.22. The maximum atomic E-state index is 6.12. The monoisotopic (exact) mass is 304 g/mol. The van der Waals surface area contributed by atoms with E-state index in [-0.39, 0.29) is 6.10 Å². The quantitative estimate of drug-likeness (QED) is 0.944. The molecule has 1 fully saturated rings. The zero-order valence-electron chi connectivity index (χ0n) is 11.6. The van der Waals surface area contributed by atoms with Crippen LogP contribution in [0, 0.1) is 0 Å². The molecule has 0 bridgehead atoms. The van der Waals surface area contributed by atoms with E-state index in [0.29, 0.717) is 10.8 Å². The molecule has 2 N–H and O–H groups in total. The molecule has 6 heteroatoms. The van der Waals surface area contributed by atoms with Gasteiger partial charge in [-0.2, -0.15) is 0 Å². The van der Waals surface area contributed by atoms with Gasteiger partial charge >= 0.3 is 0 Å². The van der Waals surface area contributed by atoms with Gasteiger partial charge in [-0.3, -0.25) is 0 Å². The number of para-hydroxylation sites is 1. The lowest BCUT2D eigenvalue weighted by Gasteiger charge is -2.33. The van der Waals surface area contributed by atoms with E-state index in [1.165, 1.54) is 6.33 Å². The van der Waals surface area contributed by atoms with Crippen LogP contribution in [0.25, 0.3) is 0 Å². The van der Waals surface area contributed by atoms with Crippen molar-refractivity contribution in [3.8, 4) is 5.75 Å². The Balaban J connectivity index is 1.59. The van der Waals surface area contributed by atoms with E-state index >= 15 is 0 Å². The average molecular weight is 305 g/mol. The first-order valence-corrected chi connectivity index (χ1v) is 7.34. The number of anilines is 2. The van der Waals surface area contributed by atoms with E-state index < -0.39 is 0 Å². The zero-order chi connectivity index (χ0) is 14.7. The second-order valence-corrected chi connectivity index (χ2v) is 5.44. The van der Waals surface area contributed by atoms with Crippen molar-refractivity contribution in [2.24, 2.45) is 0 Å². The Morgan fingerprint density at radius 1 is 1.19 bits per heavy atom. The van der Waals surface area contributed by atoms with Crippen LogP contribution < -0.4 is 15.4 Å². The Hall–Kier alpha value is -2.01. The summed E-state index contributed by atoms with van der Waals surface area (Å²) in [5, 5.41) is 0.656. The van der Waals surface area contributed by atoms with Crippen molar-refractivity contribution in [1.82, 2.24) is 9.97 Å². The summed E-state index contributed by atoms with van der Waals surface area (Å²) in [6, 6.07) is 9.38. The molecule has 1 aromatic heterocycles. The summed E-state index contributed by atoms with van der Waals surface area (Å²) in [4.78, 5) is 10.4. The SMILES string of the molecule is Nc1cc(N2CCC(Oc3ccccc3Cl)CC2)ncn1. The first-order chi connectivity index (χ1) is 10.2. The molecule has 1 aromatic carbocycles. The van der Waals surface area contributed by atoms with Crippen molar-refractivity contribution in [2.75, 3.05) is 23.7 Å². The molecular weight excluding hydrogens is 288 g/mol. The maximum Gasteiger partial charge on any atom is 0.138 e. The number of hydrogen-bond donors (Lipinski definition) is 1. The highest BCUT2D eigenvalue weighted by Crippen LogP contribution is 2.27. The minimum atomic E-state index is 0.181. The fourth-order valence-corrected chi connectivity index (χ4v) is 2.64. The molecule has 0 unspecified atom stereocenters. The van der Waals surface area contributed by atoms with Crippen LogP contribution in [0.1, 0.15) is 12.8 Å². The number of rotatable bonds is 3. The molecule has 1 aliphatic heterocycles. The van der Waals surface area contributed by atoms with Gasteiger partial charge in [0.05, 0.1) is 5.02 Å². The average Bonchev–Trinajstić information content (AvgIpc) is 2.50. The van der Waals surface area contributed by atoms with Gasteiger partial charge in [-0.1, -0.05) is 23.7 Å². The maximum absolute atomic E-state index is 6.12. The van der Waals surface area contributed by atoms with E-state index in [4.69, 9.17) is 22.1 Å². The zero-order valence-corrected chi connectivity index (χ0v) is 12.3. The molecule has 0 saturated carbocycles. The highest BCUT2D eigenvalue weighted by atomic mass is 35.5. The Bertz CT molecular complexity index is 614. The third-order valence-electron chi connectivity index (χ3n) is 3.57. The van der Waals surface area contributed by atoms with Crippen molar-refractivity contribution < 1.29 is 4.74 Å². The first-order valence-electron chi connectivity index (χ1n) is 6.96. The van der Waals surface area contributed by atoms with Gasteiger partial charge in [0, 0.05) is 32.0 Å². The van der Waals surface area contributed by atoms with Gasteiger partial charge < -0.3 is 15.4 Å². The number of ether oxygens (including phenoxy) is 1. The standard InChI is InChI=1S/C15H17ClN4O/c16-12-3-1-2-4-13(12)21-11-5-7-20(8-6-11)15-9-14(17)18-10-19-15/h1-4,9-11H,5-8H2,(H2,17,18,19). The van der Waals surface area contributed by atoms with Crippen LogP contribution >= 0.6 is 11.6 Å². The summed E-state index contributed by atoms with van der Waals surface area (Å²) in [7, 11) is 0.